The third-order valence-electron chi connectivity index (χ3n) is 3.15. The van der Waals surface area contributed by atoms with Crippen molar-refractivity contribution in [3.63, 3.8) is 0 Å². The Hall–Kier alpha value is -2.49. The summed E-state index contributed by atoms with van der Waals surface area (Å²) in [6.45, 7) is 2.06. The van der Waals surface area contributed by atoms with E-state index in [1.807, 2.05) is 16.7 Å². The minimum atomic E-state index is 0.560. The van der Waals surface area contributed by atoms with Gasteiger partial charge in [0, 0.05) is 12.6 Å². The molecule has 0 radical (unpaired) electrons. The van der Waals surface area contributed by atoms with Gasteiger partial charge < -0.3 is 0 Å². The Bertz CT molecular complexity index is 729. The van der Waals surface area contributed by atoms with Crippen molar-refractivity contribution in [2.75, 3.05) is 0 Å². The molecule has 0 amide bonds. The number of fused-ring (bicyclic) bond motifs is 1. The van der Waals surface area contributed by atoms with E-state index in [0.717, 1.165) is 12.1 Å². The van der Waals surface area contributed by atoms with Gasteiger partial charge in [0.2, 0.25) is 0 Å². The summed E-state index contributed by atoms with van der Waals surface area (Å²) in [5.41, 5.74) is 3.58. The molecule has 0 aliphatic heterocycles. The molecule has 2 heterocycles. The maximum atomic E-state index is 10.9. The smallest absolute Gasteiger partial charge is 0.171 e. The van der Waals surface area contributed by atoms with Crippen LogP contribution in [0, 0.1) is 6.92 Å². The number of aryl methyl sites for hydroxylation is 1. The highest BCUT2D eigenvalue weighted by Crippen LogP contribution is 2.12. The molecule has 0 spiro atoms. The molecule has 0 aliphatic rings. The van der Waals surface area contributed by atoms with Crippen molar-refractivity contribution < 1.29 is 4.79 Å². The van der Waals surface area contributed by atoms with E-state index in [-0.39, 0.29) is 0 Å². The van der Waals surface area contributed by atoms with Crippen molar-refractivity contribution in [2.45, 2.75) is 13.3 Å². The molecule has 3 rings (SSSR count). The van der Waals surface area contributed by atoms with Crippen LogP contribution in [0.25, 0.3) is 5.65 Å². The number of aromatic nitrogens is 3. The van der Waals surface area contributed by atoms with Crippen LogP contribution in [0.2, 0.25) is 0 Å². The highest BCUT2D eigenvalue weighted by Gasteiger charge is 2.09. The minimum Gasteiger partial charge on any atom is -0.298 e. The summed E-state index contributed by atoms with van der Waals surface area (Å²) in [5, 5.41) is 8.26. The second kappa shape index (κ2) is 4.65. The summed E-state index contributed by atoms with van der Waals surface area (Å²) in [7, 11) is 0. The van der Waals surface area contributed by atoms with Gasteiger partial charge in [0.05, 0.1) is 5.56 Å². The molecule has 0 unspecified atom stereocenters. The lowest BCUT2D eigenvalue weighted by molar-refractivity contribution is 0.112. The summed E-state index contributed by atoms with van der Waals surface area (Å²) in [6.07, 6.45) is 3.38. The molecule has 0 saturated carbocycles. The third-order valence-corrected chi connectivity index (χ3v) is 3.15. The summed E-state index contributed by atoms with van der Waals surface area (Å²) in [4.78, 5) is 10.9. The number of rotatable bonds is 3. The standard InChI is InChI=1S/C15H13N3O/c1-11-4-6-12(7-5-11)9-14-16-17-15-13(10-19)3-2-8-18(14)15/h2-8,10H,9H2,1H3. The Morgan fingerprint density at radius 3 is 2.68 bits per heavy atom. The number of hydrogen-bond donors (Lipinski definition) is 0. The average Bonchev–Trinajstić information content (AvgIpc) is 2.84. The van der Waals surface area contributed by atoms with Gasteiger partial charge in [-0.25, -0.2) is 0 Å². The van der Waals surface area contributed by atoms with Gasteiger partial charge in [-0.2, -0.15) is 0 Å². The van der Waals surface area contributed by atoms with Crippen LogP contribution in [0.5, 0.6) is 0 Å². The van der Waals surface area contributed by atoms with Crippen LogP contribution in [-0.4, -0.2) is 20.9 Å². The number of carbonyl (C=O) groups excluding carboxylic acids is 1. The Morgan fingerprint density at radius 2 is 1.95 bits per heavy atom. The van der Waals surface area contributed by atoms with Gasteiger partial charge in [-0.15, -0.1) is 10.2 Å². The zero-order valence-electron chi connectivity index (χ0n) is 10.6. The quantitative estimate of drug-likeness (QED) is 0.672. The lowest BCUT2D eigenvalue weighted by Gasteiger charge is -2.01. The number of carbonyl (C=O) groups is 1. The monoisotopic (exact) mass is 251 g/mol. The first-order valence-corrected chi connectivity index (χ1v) is 6.11. The van der Waals surface area contributed by atoms with Crippen molar-refractivity contribution in [1.82, 2.24) is 14.6 Å². The second-order valence-corrected chi connectivity index (χ2v) is 4.55. The first-order valence-electron chi connectivity index (χ1n) is 6.11. The topological polar surface area (TPSA) is 47.3 Å². The van der Waals surface area contributed by atoms with E-state index in [1.165, 1.54) is 11.1 Å². The van der Waals surface area contributed by atoms with Crippen LogP contribution in [0.15, 0.2) is 42.6 Å². The molecule has 0 N–H and O–H groups in total. The molecule has 1 aromatic carbocycles. The lowest BCUT2D eigenvalue weighted by Crippen LogP contribution is -1.97. The molecule has 0 fully saturated rings. The van der Waals surface area contributed by atoms with Crippen molar-refractivity contribution >= 4 is 11.9 Å². The number of hydrogen-bond acceptors (Lipinski definition) is 3. The molecule has 0 bridgehead atoms. The van der Waals surface area contributed by atoms with E-state index in [9.17, 15) is 4.79 Å². The van der Waals surface area contributed by atoms with Crippen molar-refractivity contribution in [3.05, 3.63) is 65.1 Å². The molecule has 4 nitrogen and oxygen atoms in total. The summed E-state index contributed by atoms with van der Waals surface area (Å²) >= 11 is 0. The van der Waals surface area contributed by atoms with E-state index in [4.69, 9.17) is 0 Å². The molecule has 0 aliphatic carbocycles. The van der Waals surface area contributed by atoms with E-state index in [0.29, 0.717) is 17.6 Å². The molecule has 0 atom stereocenters. The number of nitrogens with zero attached hydrogens (tertiary/aromatic N) is 3. The zero-order valence-corrected chi connectivity index (χ0v) is 10.6. The molecule has 19 heavy (non-hydrogen) atoms. The molecular weight excluding hydrogens is 238 g/mol. The van der Waals surface area contributed by atoms with Gasteiger partial charge in [0.1, 0.15) is 5.82 Å². The van der Waals surface area contributed by atoms with E-state index >= 15 is 0 Å². The Labute approximate surface area is 110 Å². The van der Waals surface area contributed by atoms with Crippen molar-refractivity contribution in [2.24, 2.45) is 0 Å². The second-order valence-electron chi connectivity index (χ2n) is 4.55. The summed E-state index contributed by atoms with van der Waals surface area (Å²) < 4.78 is 1.86. The van der Waals surface area contributed by atoms with Crippen LogP contribution in [0.1, 0.15) is 27.3 Å². The van der Waals surface area contributed by atoms with Crippen LogP contribution < -0.4 is 0 Å². The van der Waals surface area contributed by atoms with Gasteiger partial charge in [-0.3, -0.25) is 9.20 Å². The number of pyridine rings is 1. The SMILES string of the molecule is Cc1ccc(Cc2nnc3c(C=O)cccn23)cc1. The van der Waals surface area contributed by atoms with Crippen molar-refractivity contribution in [1.29, 1.82) is 0 Å². The van der Waals surface area contributed by atoms with Gasteiger partial charge >= 0.3 is 0 Å². The highest BCUT2D eigenvalue weighted by molar-refractivity contribution is 5.83. The predicted octanol–water partition coefficient (Wildman–Crippen LogP) is 2.44. The molecule has 2 aromatic heterocycles. The third kappa shape index (κ3) is 2.12. The predicted molar refractivity (Wildman–Crippen MR) is 72.4 cm³/mol. The first-order chi connectivity index (χ1) is 9.28. The molecule has 3 aromatic rings. The highest BCUT2D eigenvalue weighted by atomic mass is 16.1. The average molecular weight is 251 g/mol. The molecule has 94 valence electrons. The normalized spacial score (nSPS) is 10.8. The molecule has 0 saturated heterocycles. The molecule has 4 heteroatoms. The van der Waals surface area contributed by atoms with Gasteiger partial charge in [-0.05, 0) is 24.6 Å². The largest absolute Gasteiger partial charge is 0.298 e. The Morgan fingerprint density at radius 1 is 1.16 bits per heavy atom. The van der Waals surface area contributed by atoms with Gasteiger partial charge in [-0.1, -0.05) is 29.8 Å². The molecular formula is C15H13N3O. The maximum absolute atomic E-state index is 10.9. The zero-order chi connectivity index (χ0) is 13.2. The van der Waals surface area contributed by atoms with Crippen LogP contribution >= 0.6 is 0 Å². The fourth-order valence-electron chi connectivity index (χ4n) is 2.09. The fourth-order valence-corrected chi connectivity index (χ4v) is 2.09. The van der Waals surface area contributed by atoms with Crippen molar-refractivity contribution in [3.8, 4) is 0 Å². The van der Waals surface area contributed by atoms with Crippen LogP contribution in [0.3, 0.4) is 0 Å². The number of aldehydes is 1. The van der Waals surface area contributed by atoms with Crippen LogP contribution in [-0.2, 0) is 6.42 Å². The first kappa shape index (κ1) is 11.6. The minimum absolute atomic E-state index is 0.560. The maximum Gasteiger partial charge on any atom is 0.171 e. The van der Waals surface area contributed by atoms with E-state index in [1.54, 1.807) is 6.07 Å². The van der Waals surface area contributed by atoms with E-state index < -0.39 is 0 Å². The fraction of sp³-hybridized carbons (Fsp3) is 0.133. The lowest BCUT2D eigenvalue weighted by atomic mass is 10.1. The summed E-state index contributed by atoms with van der Waals surface area (Å²) in [6, 6.07) is 11.9. The number of benzene rings is 1. The van der Waals surface area contributed by atoms with Crippen LogP contribution in [0.4, 0.5) is 0 Å². The Kier molecular flexibility index (Phi) is 2.83. The Balaban J connectivity index is 2.02. The summed E-state index contributed by atoms with van der Waals surface area (Å²) in [5.74, 6) is 0.836. The van der Waals surface area contributed by atoms with E-state index in [2.05, 4.69) is 41.4 Å². The van der Waals surface area contributed by atoms with Gasteiger partial charge in [0.25, 0.3) is 0 Å². The van der Waals surface area contributed by atoms with Gasteiger partial charge in [0.15, 0.2) is 11.9 Å².